The Kier molecular flexibility index (Phi) is 7.36. The van der Waals surface area contributed by atoms with Crippen LogP contribution in [-0.2, 0) is 11.3 Å². The highest BCUT2D eigenvalue weighted by molar-refractivity contribution is 5.75. The van der Waals surface area contributed by atoms with E-state index in [0.717, 1.165) is 30.8 Å². The molecule has 1 heterocycles. The largest absolute Gasteiger partial charge is 0.497 e. The van der Waals surface area contributed by atoms with Gasteiger partial charge in [-0.25, -0.2) is 0 Å². The maximum absolute atomic E-state index is 11.0. The Bertz CT molecular complexity index is 807. The van der Waals surface area contributed by atoms with Gasteiger partial charge in [-0.05, 0) is 54.8 Å². The number of hydrogen-bond acceptors (Lipinski definition) is 5. The van der Waals surface area contributed by atoms with Crippen LogP contribution in [0, 0.1) is 0 Å². The minimum absolute atomic E-state index is 0.165. The lowest BCUT2D eigenvalue weighted by Gasteiger charge is -2.30. The van der Waals surface area contributed by atoms with Crippen LogP contribution in [0.15, 0.2) is 42.5 Å². The molecule has 2 aromatic rings. The third-order valence-corrected chi connectivity index (χ3v) is 5.35. The van der Waals surface area contributed by atoms with Crippen molar-refractivity contribution in [2.24, 2.45) is 5.73 Å². The van der Waals surface area contributed by atoms with Crippen molar-refractivity contribution >= 4 is 5.91 Å². The molecule has 1 atom stereocenters. The van der Waals surface area contributed by atoms with Gasteiger partial charge < -0.3 is 19.9 Å². The fourth-order valence-electron chi connectivity index (χ4n) is 3.87. The van der Waals surface area contributed by atoms with Crippen molar-refractivity contribution in [1.82, 2.24) is 4.90 Å². The van der Waals surface area contributed by atoms with Crippen LogP contribution in [0.5, 0.6) is 17.2 Å². The van der Waals surface area contributed by atoms with E-state index in [4.69, 9.17) is 19.9 Å². The lowest BCUT2D eigenvalue weighted by atomic mass is 10.00. The quantitative estimate of drug-likeness (QED) is 0.734. The number of ether oxygens (including phenoxy) is 3. The Hall–Kier alpha value is -2.73. The second kappa shape index (κ2) is 10.2. The molecule has 2 N–H and O–H groups in total. The summed E-state index contributed by atoms with van der Waals surface area (Å²) in [6.45, 7) is 1.71. The molecule has 1 aliphatic heterocycles. The first-order valence-corrected chi connectivity index (χ1v) is 10.1. The number of hydrogen-bond donors (Lipinski definition) is 1. The smallest absolute Gasteiger partial charge is 0.255 e. The first-order chi connectivity index (χ1) is 14.1. The number of rotatable bonds is 8. The Morgan fingerprint density at radius 1 is 1.03 bits per heavy atom. The maximum atomic E-state index is 11.0. The molecule has 0 spiro atoms. The monoisotopic (exact) mass is 398 g/mol. The van der Waals surface area contributed by atoms with E-state index in [1.165, 1.54) is 24.8 Å². The second-order valence-electron chi connectivity index (χ2n) is 7.35. The molecule has 0 aliphatic carbocycles. The SMILES string of the molecule is COc1ccc(C2CCCCCN2Cc2ccc(OCC(N)=O)c(OC)c2)cc1. The van der Waals surface area contributed by atoms with Gasteiger partial charge in [0, 0.05) is 12.6 Å². The van der Waals surface area contributed by atoms with E-state index in [9.17, 15) is 4.79 Å². The van der Waals surface area contributed by atoms with Crippen LogP contribution < -0.4 is 19.9 Å². The zero-order valence-electron chi connectivity index (χ0n) is 17.2. The number of likely N-dealkylation sites (tertiary alicyclic amines) is 1. The van der Waals surface area contributed by atoms with Crippen molar-refractivity contribution in [3.05, 3.63) is 53.6 Å². The third kappa shape index (κ3) is 5.64. The van der Waals surface area contributed by atoms with E-state index >= 15 is 0 Å². The Balaban J connectivity index is 1.78. The van der Waals surface area contributed by atoms with Gasteiger partial charge >= 0.3 is 0 Å². The molecular formula is C23H30N2O4. The lowest BCUT2D eigenvalue weighted by molar-refractivity contribution is -0.119. The Morgan fingerprint density at radius 2 is 1.83 bits per heavy atom. The fourth-order valence-corrected chi connectivity index (χ4v) is 3.87. The fraction of sp³-hybridized carbons (Fsp3) is 0.435. The van der Waals surface area contributed by atoms with Gasteiger partial charge in [-0.3, -0.25) is 9.69 Å². The van der Waals surface area contributed by atoms with Gasteiger partial charge in [-0.15, -0.1) is 0 Å². The molecule has 29 heavy (non-hydrogen) atoms. The molecule has 0 radical (unpaired) electrons. The molecular weight excluding hydrogens is 368 g/mol. The molecule has 1 aliphatic rings. The molecule has 0 saturated carbocycles. The second-order valence-corrected chi connectivity index (χ2v) is 7.35. The van der Waals surface area contributed by atoms with E-state index in [1.54, 1.807) is 14.2 Å². The predicted molar refractivity (Wildman–Crippen MR) is 112 cm³/mol. The average Bonchev–Trinajstić information content (AvgIpc) is 2.98. The van der Waals surface area contributed by atoms with Crippen LogP contribution in [0.3, 0.4) is 0 Å². The topological polar surface area (TPSA) is 74.0 Å². The van der Waals surface area contributed by atoms with Crippen LogP contribution in [0.1, 0.15) is 42.9 Å². The van der Waals surface area contributed by atoms with Gasteiger partial charge in [-0.2, -0.15) is 0 Å². The molecule has 1 fully saturated rings. The van der Waals surface area contributed by atoms with Crippen molar-refractivity contribution < 1.29 is 19.0 Å². The average molecular weight is 399 g/mol. The zero-order valence-corrected chi connectivity index (χ0v) is 17.2. The zero-order chi connectivity index (χ0) is 20.6. The van der Waals surface area contributed by atoms with Crippen LogP contribution in [0.2, 0.25) is 0 Å². The normalized spacial score (nSPS) is 17.4. The molecule has 1 saturated heterocycles. The van der Waals surface area contributed by atoms with E-state index in [1.807, 2.05) is 30.3 Å². The number of carbonyl (C=O) groups is 1. The number of methoxy groups -OCH3 is 2. The van der Waals surface area contributed by atoms with Gasteiger partial charge in [0.05, 0.1) is 14.2 Å². The van der Waals surface area contributed by atoms with E-state index < -0.39 is 5.91 Å². The number of primary amides is 1. The highest BCUT2D eigenvalue weighted by Crippen LogP contribution is 2.34. The number of nitrogens with zero attached hydrogens (tertiary/aromatic N) is 1. The molecule has 156 valence electrons. The summed E-state index contributed by atoms with van der Waals surface area (Å²) in [6.07, 6.45) is 4.83. The minimum atomic E-state index is -0.511. The summed E-state index contributed by atoms with van der Waals surface area (Å²) >= 11 is 0. The van der Waals surface area contributed by atoms with Crippen LogP contribution in [0.4, 0.5) is 0 Å². The van der Waals surface area contributed by atoms with Crippen LogP contribution >= 0.6 is 0 Å². The van der Waals surface area contributed by atoms with Gasteiger partial charge in [0.25, 0.3) is 5.91 Å². The summed E-state index contributed by atoms with van der Waals surface area (Å²) in [7, 11) is 3.29. The third-order valence-electron chi connectivity index (χ3n) is 5.35. The molecule has 6 heteroatoms. The van der Waals surface area contributed by atoms with Crippen LogP contribution in [-0.4, -0.2) is 38.2 Å². The molecule has 1 amide bonds. The molecule has 6 nitrogen and oxygen atoms in total. The predicted octanol–water partition coefficient (Wildman–Crippen LogP) is 3.69. The van der Waals surface area contributed by atoms with E-state index in [2.05, 4.69) is 17.0 Å². The molecule has 1 unspecified atom stereocenters. The Morgan fingerprint density at radius 3 is 2.52 bits per heavy atom. The van der Waals surface area contributed by atoms with Crippen molar-refractivity contribution in [3.63, 3.8) is 0 Å². The highest BCUT2D eigenvalue weighted by Gasteiger charge is 2.23. The van der Waals surface area contributed by atoms with Gasteiger partial charge in [-0.1, -0.05) is 31.0 Å². The minimum Gasteiger partial charge on any atom is -0.497 e. The number of amides is 1. The molecule has 0 aromatic heterocycles. The summed E-state index contributed by atoms with van der Waals surface area (Å²) in [6, 6.07) is 14.6. The highest BCUT2D eigenvalue weighted by atomic mass is 16.5. The van der Waals surface area contributed by atoms with Gasteiger partial charge in [0.1, 0.15) is 5.75 Å². The number of nitrogens with two attached hydrogens (primary N) is 1. The number of carbonyl (C=O) groups excluding carboxylic acids is 1. The van der Waals surface area contributed by atoms with E-state index in [0.29, 0.717) is 17.5 Å². The van der Waals surface area contributed by atoms with Crippen molar-refractivity contribution in [2.45, 2.75) is 38.3 Å². The van der Waals surface area contributed by atoms with Gasteiger partial charge in [0.2, 0.25) is 0 Å². The first kappa shape index (κ1) is 21.0. The summed E-state index contributed by atoms with van der Waals surface area (Å²) in [5.41, 5.74) is 7.64. The van der Waals surface area contributed by atoms with Gasteiger partial charge in [0.15, 0.2) is 18.1 Å². The Labute approximate surface area is 172 Å². The lowest BCUT2D eigenvalue weighted by Crippen LogP contribution is -2.28. The number of benzene rings is 2. The van der Waals surface area contributed by atoms with Crippen molar-refractivity contribution in [3.8, 4) is 17.2 Å². The summed E-state index contributed by atoms with van der Waals surface area (Å²) in [5, 5.41) is 0. The molecule has 3 rings (SSSR count). The summed E-state index contributed by atoms with van der Waals surface area (Å²) < 4.78 is 16.2. The maximum Gasteiger partial charge on any atom is 0.255 e. The standard InChI is InChI=1S/C23H30N2O4/c1-27-19-10-8-18(9-11-19)20-6-4-3-5-13-25(20)15-17-7-12-21(22(14-17)28-2)29-16-23(24)26/h7-12,14,20H,3-6,13,15-16H2,1-2H3,(H2,24,26). The summed E-state index contributed by atoms with van der Waals surface area (Å²) in [5.74, 6) is 1.51. The molecule has 0 bridgehead atoms. The van der Waals surface area contributed by atoms with Crippen molar-refractivity contribution in [2.75, 3.05) is 27.4 Å². The van der Waals surface area contributed by atoms with E-state index in [-0.39, 0.29) is 6.61 Å². The molecule has 2 aromatic carbocycles. The van der Waals surface area contributed by atoms with Crippen LogP contribution in [0.25, 0.3) is 0 Å². The van der Waals surface area contributed by atoms with Crippen molar-refractivity contribution in [1.29, 1.82) is 0 Å². The summed E-state index contributed by atoms with van der Waals surface area (Å²) in [4.78, 5) is 13.5. The first-order valence-electron chi connectivity index (χ1n) is 10.1.